The summed E-state index contributed by atoms with van der Waals surface area (Å²) < 4.78 is 38.7. The van der Waals surface area contributed by atoms with E-state index >= 15 is 0 Å². The third-order valence-electron chi connectivity index (χ3n) is 6.02. The molecule has 4 amide bonds. The second kappa shape index (κ2) is 9.73. The van der Waals surface area contributed by atoms with E-state index in [0.29, 0.717) is 18.5 Å². The number of amides is 4. The van der Waals surface area contributed by atoms with Gasteiger partial charge in [-0.3, -0.25) is 24.1 Å². The average Bonchev–Trinajstić information content (AvgIpc) is 3.07. The van der Waals surface area contributed by atoms with Gasteiger partial charge in [0, 0.05) is 29.9 Å². The summed E-state index contributed by atoms with van der Waals surface area (Å²) in [6.07, 6.45) is 0.174. The molecule has 2 aromatic rings. The Morgan fingerprint density at radius 2 is 1.49 bits per heavy atom. The van der Waals surface area contributed by atoms with Crippen LogP contribution in [0.1, 0.15) is 35.2 Å². The SMILES string of the molecule is O=C(CCN1C(=O)[C@@H]2CC=CC[C@H]2C1=O)Nc1cccc(C(=O)Nc2cccc(C(F)(F)F)c2)c1. The summed E-state index contributed by atoms with van der Waals surface area (Å²) in [6.45, 7) is -0.0355. The monoisotopic (exact) mass is 485 g/mol. The van der Waals surface area contributed by atoms with Crippen LogP contribution in [0.4, 0.5) is 24.5 Å². The minimum absolute atomic E-state index is 0.0185. The lowest BCUT2D eigenvalue weighted by Gasteiger charge is -2.14. The first kappa shape index (κ1) is 24.2. The molecule has 0 spiro atoms. The number of halogens is 3. The van der Waals surface area contributed by atoms with Crippen LogP contribution < -0.4 is 10.6 Å². The zero-order valence-corrected chi connectivity index (χ0v) is 18.5. The zero-order chi connectivity index (χ0) is 25.2. The van der Waals surface area contributed by atoms with Gasteiger partial charge in [-0.1, -0.05) is 24.3 Å². The highest BCUT2D eigenvalue weighted by Crippen LogP contribution is 2.35. The summed E-state index contributed by atoms with van der Waals surface area (Å²) >= 11 is 0. The van der Waals surface area contributed by atoms with Crippen LogP contribution >= 0.6 is 0 Å². The normalized spacial score (nSPS) is 19.5. The molecule has 2 N–H and O–H groups in total. The van der Waals surface area contributed by atoms with E-state index in [0.717, 1.165) is 17.0 Å². The van der Waals surface area contributed by atoms with Crippen molar-refractivity contribution < 1.29 is 32.3 Å². The Balaban J connectivity index is 1.34. The van der Waals surface area contributed by atoms with E-state index in [9.17, 15) is 32.3 Å². The highest BCUT2D eigenvalue weighted by molar-refractivity contribution is 6.06. The number of alkyl halides is 3. The summed E-state index contributed by atoms with van der Waals surface area (Å²) in [5.74, 6) is -2.33. The molecule has 2 atom stereocenters. The molecule has 0 radical (unpaired) electrons. The highest BCUT2D eigenvalue weighted by atomic mass is 19.4. The maximum absolute atomic E-state index is 12.9. The Hall–Kier alpha value is -3.95. The topological polar surface area (TPSA) is 95.6 Å². The predicted octanol–water partition coefficient (Wildman–Crippen LogP) is 4.24. The van der Waals surface area contributed by atoms with Crippen LogP contribution in [0.25, 0.3) is 0 Å². The number of carbonyl (C=O) groups is 4. The smallest absolute Gasteiger partial charge is 0.326 e. The molecule has 4 rings (SSSR count). The fraction of sp³-hybridized carbons (Fsp3) is 0.280. The van der Waals surface area contributed by atoms with Crippen LogP contribution in [-0.2, 0) is 20.6 Å². The third-order valence-corrected chi connectivity index (χ3v) is 6.02. The molecule has 35 heavy (non-hydrogen) atoms. The van der Waals surface area contributed by atoms with Gasteiger partial charge in [0.05, 0.1) is 17.4 Å². The molecule has 182 valence electrons. The maximum Gasteiger partial charge on any atom is 0.416 e. The van der Waals surface area contributed by atoms with Crippen molar-refractivity contribution in [2.75, 3.05) is 17.2 Å². The summed E-state index contributed by atoms with van der Waals surface area (Å²) in [6, 6.07) is 10.2. The van der Waals surface area contributed by atoms with Crippen molar-refractivity contribution in [2.45, 2.75) is 25.4 Å². The number of likely N-dealkylation sites (tertiary alicyclic amines) is 1. The number of anilines is 2. The molecule has 1 aliphatic carbocycles. The second-order valence-corrected chi connectivity index (χ2v) is 8.40. The number of hydrogen-bond donors (Lipinski definition) is 2. The molecular formula is C25H22F3N3O4. The van der Waals surface area contributed by atoms with E-state index in [1.54, 1.807) is 6.07 Å². The number of rotatable bonds is 6. The fourth-order valence-electron chi connectivity index (χ4n) is 4.24. The number of nitrogens with one attached hydrogen (secondary N) is 2. The number of nitrogens with zero attached hydrogens (tertiary/aromatic N) is 1. The third kappa shape index (κ3) is 5.42. The summed E-state index contributed by atoms with van der Waals surface area (Å²) in [5, 5.41) is 5.03. The fourth-order valence-corrected chi connectivity index (χ4v) is 4.24. The molecule has 1 heterocycles. The van der Waals surface area contributed by atoms with Crippen molar-refractivity contribution in [2.24, 2.45) is 11.8 Å². The Morgan fingerprint density at radius 3 is 2.11 bits per heavy atom. The van der Waals surface area contributed by atoms with Crippen molar-refractivity contribution in [1.82, 2.24) is 4.90 Å². The minimum Gasteiger partial charge on any atom is -0.326 e. The van der Waals surface area contributed by atoms with Crippen LogP contribution in [0.2, 0.25) is 0 Å². The maximum atomic E-state index is 12.9. The van der Waals surface area contributed by atoms with Gasteiger partial charge in [0.1, 0.15) is 0 Å². The number of allylic oxidation sites excluding steroid dienone is 2. The van der Waals surface area contributed by atoms with E-state index in [4.69, 9.17) is 0 Å². The van der Waals surface area contributed by atoms with Crippen LogP contribution in [0.3, 0.4) is 0 Å². The van der Waals surface area contributed by atoms with Gasteiger partial charge in [0.15, 0.2) is 0 Å². The largest absolute Gasteiger partial charge is 0.416 e. The van der Waals surface area contributed by atoms with Crippen LogP contribution in [-0.4, -0.2) is 35.1 Å². The van der Waals surface area contributed by atoms with Crippen molar-refractivity contribution in [3.05, 3.63) is 71.8 Å². The number of fused-ring (bicyclic) bond motifs is 1. The minimum atomic E-state index is -4.54. The molecule has 1 fully saturated rings. The first-order chi connectivity index (χ1) is 16.6. The Kier molecular flexibility index (Phi) is 6.72. The quantitative estimate of drug-likeness (QED) is 0.473. The van der Waals surface area contributed by atoms with Crippen molar-refractivity contribution in [3.63, 3.8) is 0 Å². The average molecular weight is 485 g/mol. The van der Waals surface area contributed by atoms with Gasteiger partial charge in [-0.25, -0.2) is 0 Å². The lowest BCUT2D eigenvalue weighted by Crippen LogP contribution is -2.34. The van der Waals surface area contributed by atoms with Gasteiger partial charge in [-0.2, -0.15) is 13.2 Å². The lowest BCUT2D eigenvalue weighted by atomic mass is 9.85. The molecule has 0 aromatic heterocycles. The number of hydrogen-bond acceptors (Lipinski definition) is 4. The molecule has 0 unspecified atom stereocenters. The summed E-state index contributed by atoms with van der Waals surface area (Å²) in [4.78, 5) is 51.1. The molecule has 0 saturated carbocycles. The van der Waals surface area contributed by atoms with E-state index in [1.165, 1.54) is 30.3 Å². The molecule has 1 aliphatic heterocycles. The standard InChI is InChI=1S/C25H22F3N3O4/c26-25(27,28)16-6-4-8-18(14-16)30-22(33)15-5-3-7-17(13-15)29-21(32)11-12-31-23(34)19-9-1-2-10-20(19)24(31)35/h1-8,13-14,19-20H,9-12H2,(H,29,32)(H,30,33)/t19-,20-/m1/s1. The highest BCUT2D eigenvalue weighted by Gasteiger charge is 2.46. The van der Waals surface area contributed by atoms with Crippen molar-refractivity contribution in [3.8, 4) is 0 Å². The first-order valence-electron chi connectivity index (χ1n) is 11.0. The summed E-state index contributed by atoms with van der Waals surface area (Å²) in [5.41, 5.74) is -0.484. The van der Waals surface area contributed by atoms with Gasteiger partial charge in [0.2, 0.25) is 17.7 Å². The van der Waals surface area contributed by atoms with Gasteiger partial charge in [-0.15, -0.1) is 0 Å². The van der Waals surface area contributed by atoms with Gasteiger partial charge >= 0.3 is 6.18 Å². The van der Waals surface area contributed by atoms with E-state index < -0.39 is 23.6 Å². The summed E-state index contributed by atoms with van der Waals surface area (Å²) in [7, 11) is 0. The van der Waals surface area contributed by atoms with Crippen LogP contribution in [0, 0.1) is 11.8 Å². The molecule has 10 heteroatoms. The van der Waals surface area contributed by atoms with Crippen LogP contribution in [0.5, 0.6) is 0 Å². The van der Waals surface area contributed by atoms with E-state index in [-0.39, 0.29) is 47.9 Å². The molecule has 1 saturated heterocycles. The van der Waals surface area contributed by atoms with Gasteiger partial charge in [0.25, 0.3) is 5.91 Å². The number of imide groups is 1. The number of carbonyl (C=O) groups excluding carboxylic acids is 4. The Morgan fingerprint density at radius 1 is 0.886 bits per heavy atom. The Bertz CT molecular complexity index is 1180. The van der Waals surface area contributed by atoms with Crippen molar-refractivity contribution >= 4 is 35.0 Å². The zero-order valence-electron chi connectivity index (χ0n) is 18.5. The van der Waals surface area contributed by atoms with Crippen molar-refractivity contribution in [1.29, 1.82) is 0 Å². The molecule has 2 aromatic carbocycles. The number of benzene rings is 2. The first-order valence-corrected chi connectivity index (χ1v) is 11.0. The molecule has 7 nitrogen and oxygen atoms in total. The molecular weight excluding hydrogens is 463 g/mol. The van der Waals surface area contributed by atoms with Crippen LogP contribution in [0.15, 0.2) is 60.7 Å². The lowest BCUT2D eigenvalue weighted by molar-refractivity contribution is -0.140. The van der Waals surface area contributed by atoms with Gasteiger partial charge < -0.3 is 10.6 Å². The van der Waals surface area contributed by atoms with E-state index in [2.05, 4.69) is 10.6 Å². The van der Waals surface area contributed by atoms with E-state index in [1.807, 2.05) is 12.2 Å². The second-order valence-electron chi connectivity index (χ2n) is 8.40. The molecule has 2 aliphatic rings. The van der Waals surface area contributed by atoms with Gasteiger partial charge in [-0.05, 0) is 49.2 Å². The predicted molar refractivity (Wildman–Crippen MR) is 121 cm³/mol. The molecule has 0 bridgehead atoms. The Labute approximate surface area is 199 Å².